The number of aromatic nitrogens is 2. The number of anilines is 1. The minimum Gasteiger partial charge on any atom is -0.363 e. The highest BCUT2D eigenvalue weighted by Crippen LogP contribution is 2.16. The van der Waals surface area contributed by atoms with Crippen LogP contribution in [0.3, 0.4) is 0 Å². The average molecular weight is 195 g/mol. The van der Waals surface area contributed by atoms with Crippen LogP contribution in [0.25, 0.3) is 6.08 Å². The highest BCUT2D eigenvalue weighted by Gasteiger charge is 2.02. The number of hydrogen-bond donors (Lipinski definition) is 0. The van der Waals surface area contributed by atoms with Gasteiger partial charge in [0.15, 0.2) is 5.16 Å². The van der Waals surface area contributed by atoms with E-state index < -0.39 is 0 Å². The summed E-state index contributed by atoms with van der Waals surface area (Å²) in [6.45, 7) is 3.69. The maximum absolute atomic E-state index is 4.33. The summed E-state index contributed by atoms with van der Waals surface area (Å²) >= 11 is 1.53. The molecule has 0 aliphatic carbocycles. The van der Waals surface area contributed by atoms with Crippen LogP contribution in [0.4, 0.5) is 5.82 Å². The van der Waals surface area contributed by atoms with Crippen molar-refractivity contribution in [1.82, 2.24) is 9.97 Å². The van der Waals surface area contributed by atoms with E-state index in [9.17, 15) is 0 Å². The van der Waals surface area contributed by atoms with Crippen molar-refractivity contribution in [2.45, 2.75) is 5.16 Å². The smallest absolute Gasteiger partial charge is 0.189 e. The fourth-order valence-electron chi connectivity index (χ4n) is 0.855. The summed E-state index contributed by atoms with van der Waals surface area (Å²) in [7, 11) is 3.92. The van der Waals surface area contributed by atoms with E-state index in [1.54, 1.807) is 6.08 Å². The Bertz CT molecular complexity index is 310. The van der Waals surface area contributed by atoms with Crippen molar-refractivity contribution in [3.63, 3.8) is 0 Å². The van der Waals surface area contributed by atoms with Gasteiger partial charge in [-0.25, -0.2) is 9.97 Å². The van der Waals surface area contributed by atoms with Crippen LogP contribution >= 0.6 is 11.8 Å². The molecule has 0 saturated carbocycles. The summed E-state index contributed by atoms with van der Waals surface area (Å²) in [6, 6.07) is 1.91. The zero-order chi connectivity index (χ0) is 9.84. The van der Waals surface area contributed by atoms with Crippen LogP contribution in [0.1, 0.15) is 5.69 Å². The molecule has 4 heteroatoms. The van der Waals surface area contributed by atoms with Crippen molar-refractivity contribution >= 4 is 23.7 Å². The Hall–Kier alpha value is -1.03. The fraction of sp³-hybridized carbons (Fsp3) is 0.333. The molecule has 0 unspecified atom stereocenters. The van der Waals surface area contributed by atoms with Crippen molar-refractivity contribution in [3.05, 3.63) is 18.3 Å². The summed E-state index contributed by atoms with van der Waals surface area (Å²) in [4.78, 5) is 10.5. The van der Waals surface area contributed by atoms with Crippen LogP contribution in [0, 0.1) is 0 Å². The maximum atomic E-state index is 4.33. The highest BCUT2D eigenvalue weighted by molar-refractivity contribution is 7.98. The third-order valence-electron chi connectivity index (χ3n) is 1.56. The van der Waals surface area contributed by atoms with Crippen molar-refractivity contribution in [3.8, 4) is 0 Å². The minimum absolute atomic E-state index is 0.779. The second kappa shape index (κ2) is 4.28. The van der Waals surface area contributed by atoms with Crippen molar-refractivity contribution in [2.75, 3.05) is 25.3 Å². The zero-order valence-corrected chi connectivity index (χ0v) is 8.93. The molecule has 0 aliphatic rings. The van der Waals surface area contributed by atoms with Gasteiger partial charge in [0.05, 0.1) is 5.69 Å². The summed E-state index contributed by atoms with van der Waals surface area (Å²) in [5, 5.41) is 0.779. The molecule has 1 rings (SSSR count). The molecule has 1 aromatic heterocycles. The lowest BCUT2D eigenvalue weighted by Crippen LogP contribution is -2.11. The van der Waals surface area contributed by atoms with Gasteiger partial charge in [-0.1, -0.05) is 18.3 Å². The second-order valence-electron chi connectivity index (χ2n) is 2.74. The van der Waals surface area contributed by atoms with Crippen LogP contribution in [0.5, 0.6) is 0 Å². The van der Waals surface area contributed by atoms with E-state index in [1.165, 1.54) is 11.8 Å². The Kier molecular flexibility index (Phi) is 3.31. The standard InChI is InChI=1S/C9H13N3S/c1-5-7-6-8(12(2)3)11-9(10-7)13-4/h5-6H,1H2,2-4H3. The van der Waals surface area contributed by atoms with Gasteiger partial charge in [0.2, 0.25) is 0 Å². The molecule has 70 valence electrons. The van der Waals surface area contributed by atoms with Crippen LogP contribution < -0.4 is 4.90 Å². The molecule has 13 heavy (non-hydrogen) atoms. The van der Waals surface area contributed by atoms with E-state index >= 15 is 0 Å². The monoisotopic (exact) mass is 195 g/mol. The molecular weight excluding hydrogens is 182 g/mol. The van der Waals surface area contributed by atoms with Crippen LogP contribution in [0.15, 0.2) is 17.8 Å². The number of nitrogens with zero attached hydrogens (tertiary/aromatic N) is 3. The molecule has 0 radical (unpaired) electrons. The number of hydrogen-bond acceptors (Lipinski definition) is 4. The largest absolute Gasteiger partial charge is 0.363 e. The first-order chi connectivity index (χ1) is 6.17. The molecule has 0 fully saturated rings. The molecule has 0 N–H and O–H groups in total. The van der Waals surface area contributed by atoms with Crippen molar-refractivity contribution < 1.29 is 0 Å². The average Bonchev–Trinajstić information content (AvgIpc) is 2.16. The van der Waals surface area contributed by atoms with Gasteiger partial charge in [-0.2, -0.15) is 0 Å². The fourth-order valence-corrected chi connectivity index (χ4v) is 1.24. The molecule has 3 nitrogen and oxygen atoms in total. The molecule has 0 spiro atoms. The Balaban J connectivity index is 3.14. The van der Waals surface area contributed by atoms with E-state index in [0.717, 1.165) is 16.7 Å². The summed E-state index contributed by atoms with van der Waals surface area (Å²) < 4.78 is 0. The topological polar surface area (TPSA) is 29.0 Å². The Morgan fingerprint density at radius 1 is 1.46 bits per heavy atom. The Morgan fingerprint density at radius 3 is 2.62 bits per heavy atom. The van der Waals surface area contributed by atoms with Crippen molar-refractivity contribution in [2.24, 2.45) is 0 Å². The summed E-state index contributed by atoms with van der Waals surface area (Å²) in [6.07, 6.45) is 3.69. The van der Waals surface area contributed by atoms with E-state index in [4.69, 9.17) is 0 Å². The van der Waals surface area contributed by atoms with Crippen LogP contribution in [0.2, 0.25) is 0 Å². The van der Waals surface area contributed by atoms with Gasteiger partial charge in [-0.3, -0.25) is 0 Å². The quantitative estimate of drug-likeness (QED) is 0.544. The third-order valence-corrected chi connectivity index (χ3v) is 2.11. The first kappa shape index (κ1) is 10.1. The van der Waals surface area contributed by atoms with Crippen LogP contribution in [-0.4, -0.2) is 30.3 Å². The third kappa shape index (κ3) is 2.45. The van der Waals surface area contributed by atoms with Gasteiger partial charge in [0, 0.05) is 20.2 Å². The molecule has 1 aromatic rings. The van der Waals surface area contributed by atoms with E-state index in [2.05, 4.69) is 16.5 Å². The normalized spacial score (nSPS) is 9.77. The lowest BCUT2D eigenvalue weighted by atomic mass is 10.4. The van der Waals surface area contributed by atoms with E-state index in [0.29, 0.717) is 0 Å². The van der Waals surface area contributed by atoms with E-state index in [1.807, 2.05) is 31.3 Å². The highest BCUT2D eigenvalue weighted by atomic mass is 32.2. The SMILES string of the molecule is C=Cc1cc(N(C)C)nc(SC)n1. The van der Waals surface area contributed by atoms with Crippen LogP contribution in [-0.2, 0) is 0 Å². The molecule has 0 saturated heterocycles. The van der Waals surface area contributed by atoms with E-state index in [-0.39, 0.29) is 0 Å². The summed E-state index contributed by atoms with van der Waals surface area (Å²) in [5.41, 5.74) is 0.864. The Labute approximate surface area is 82.9 Å². The van der Waals surface area contributed by atoms with Gasteiger partial charge in [-0.15, -0.1) is 0 Å². The van der Waals surface area contributed by atoms with Gasteiger partial charge >= 0.3 is 0 Å². The molecule has 0 amide bonds. The molecule has 1 heterocycles. The first-order valence-corrected chi connectivity index (χ1v) is 5.12. The van der Waals surface area contributed by atoms with Gasteiger partial charge < -0.3 is 4.90 Å². The summed E-state index contributed by atoms with van der Waals surface area (Å²) in [5.74, 6) is 0.911. The molecular formula is C9H13N3S. The second-order valence-corrected chi connectivity index (χ2v) is 3.51. The molecule has 0 atom stereocenters. The van der Waals surface area contributed by atoms with Gasteiger partial charge in [0.25, 0.3) is 0 Å². The molecule has 0 aromatic carbocycles. The zero-order valence-electron chi connectivity index (χ0n) is 8.11. The maximum Gasteiger partial charge on any atom is 0.189 e. The lowest BCUT2D eigenvalue weighted by Gasteiger charge is -2.12. The van der Waals surface area contributed by atoms with Gasteiger partial charge in [-0.05, 0) is 12.3 Å². The van der Waals surface area contributed by atoms with Crippen molar-refractivity contribution in [1.29, 1.82) is 0 Å². The predicted octanol–water partition coefficient (Wildman–Crippen LogP) is 1.91. The first-order valence-electron chi connectivity index (χ1n) is 3.90. The number of thioether (sulfide) groups is 1. The minimum atomic E-state index is 0.779. The Morgan fingerprint density at radius 2 is 2.15 bits per heavy atom. The van der Waals surface area contributed by atoms with Gasteiger partial charge in [0.1, 0.15) is 5.82 Å². The lowest BCUT2D eigenvalue weighted by molar-refractivity contribution is 0.923. The molecule has 0 bridgehead atoms. The number of rotatable bonds is 3. The molecule has 0 aliphatic heterocycles. The predicted molar refractivity (Wildman–Crippen MR) is 58.2 cm³/mol.